The van der Waals surface area contributed by atoms with Crippen LogP contribution < -0.4 is 0 Å². The van der Waals surface area contributed by atoms with E-state index in [0.29, 0.717) is 11.7 Å². The van der Waals surface area contributed by atoms with Crippen LogP contribution in [0.15, 0.2) is 17.7 Å². The summed E-state index contributed by atoms with van der Waals surface area (Å²) in [6.45, 7) is 10.8. The molecule has 0 heterocycles. The van der Waals surface area contributed by atoms with Gasteiger partial charge in [0.1, 0.15) is 11.5 Å². The van der Waals surface area contributed by atoms with Crippen molar-refractivity contribution in [1.29, 1.82) is 0 Å². The zero-order valence-corrected chi connectivity index (χ0v) is 12.1. The number of hydrogen-bond acceptors (Lipinski definition) is 2. The highest BCUT2D eigenvalue weighted by Crippen LogP contribution is 2.52. The zero-order valence-electron chi connectivity index (χ0n) is 12.1. The van der Waals surface area contributed by atoms with Crippen molar-refractivity contribution >= 4 is 5.76 Å². The molecule has 0 amide bonds. The van der Waals surface area contributed by atoms with Crippen molar-refractivity contribution in [1.82, 2.24) is 0 Å². The van der Waals surface area contributed by atoms with Gasteiger partial charge in [0.15, 0.2) is 0 Å². The highest BCUT2D eigenvalue weighted by atomic mass is 16.5. The number of aryl methyl sites for hydroxylation is 1. The van der Waals surface area contributed by atoms with Crippen molar-refractivity contribution in [3.63, 3.8) is 0 Å². The molecule has 0 saturated carbocycles. The third-order valence-corrected chi connectivity index (χ3v) is 4.59. The summed E-state index contributed by atoms with van der Waals surface area (Å²) in [5.74, 6) is 1.76. The minimum absolute atomic E-state index is 0.0653. The van der Waals surface area contributed by atoms with Gasteiger partial charge in [-0.05, 0) is 48.6 Å². The van der Waals surface area contributed by atoms with E-state index in [0.717, 1.165) is 16.9 Å². The molecule has 1 aliphatic rings. The van der Waals surface area contributed by atoms with Crippen LogP contribution in [0.5, 0.6) is 5.75 Å². The molecule has 1 aromatic rings. The van der Waals surface area contributed by atoms with Crippen molar-refractivity contribution in [2.45, 2.75) is 40.0 Å². The van der Waals surface area contributed by atoms with E-state index >= 15 is 0 Å². The first kappa shape index (κ1) is 13.0. The van der Waals surface area contributed by atoms with Gasteiger partial charge in [0, 0.05) is 11.0 Å². The Labute approximate surface area is 109 Å². The molecule has 0 spiro atoms. The van der Waals surface area contributed by atoms with Gasteiger partial charge in [0.05, 0.1) is 7.11 Å². The maximum absolute atomic E-state index is 9.88. The summed E-state index contributed by atoms with van der Waals surface area (Å²) >= 11 is 0. The zero-order chi connectivity index (χ0) is 13.7. The van der Waals surface area contributed by atoms with Crippen LogP contribution in [0.2, 0.25) is 0 Å². The molecular weight excluding hydrogens is 224 g/mol. The van der Waals surface area contributed by atoms with Crippen LogP contribution in [0.4, 0.5) is 0 Å². The molecule has 1 unspecified atom stereocenters. The number of phenols is 1. The second kappa shape index (κ2) is 4.04. The van der Waals surface area contributed by atoms with Crippen LogP contribution in [0, 0.1) is 12.8 Å². The Hall–Kier alpha value is -1.44. The van der Waals surface area contributed by atoms with Gasteiger partial charge in [-0.1, -0.05) is 20.8 Å². The molecule has 1 N–H and O–H groups in total. The van der Waals surface area contributed by atoms with E-state index in [1.807, 2.05) is 13.0 Å². The number of fused-ring (bicyclic) bond motifs is 1. The quantitative estimate of drug-likeness (QED) is 0.854. The maximum atomic E-state index is 9.88. The fourth-order valence-electron chi connectivity index (χ4n) is 3.10. The van der Waals surface area contributed by atoms with Crippen LogP contribution in [-0.4, -0.2) is 12.2 Å². The number of ether oxygens (including phenoxy) is 1. The molecule has 1 aliphatic carbocycles. The lowest BCUT2D eigenvalue weighted by molar-refractivity contribution is 0.356. The number of rotatable bonds is 2. The van der Waals surface area contributed by atoms with Crippen molar-refractivity contribution < 1.29 is 9.84 Å². The monoisotopic (exact) mass is 246 g/mol. The Morgan fingerprint density at radius 2 is 1.83 bits per heavy atom. The van der Waals surface area contributed by atoms with Crippen LogP contribution in [0.3, 0.4) is 0 Å². The highest BCUT2D eigenvalue weighted by molar-refractivity contribution is 5.78. The van der Waals surface area contributed by atoms with E-state index in [4.69, 9.17) is 4.74 Å². The van der Waals surface area contributed by atoms with Crippen molar-refractivity contribution in [2.75, 3.05) is 7.11 Å². The Morgan fingerprint density at radius 1 is 1.22 bits per heavy atom. The molecule has 0 bridgehead atoms. The lowest BCUT2D eigenvalue weighted by Gasteiger charge is -2.32. The second-order valence-corrected chi connectivity index (χ2v) is 5.70. The van der Waals surface area contributed by atoms with Crippen molar-refractivity contribution in [3.8, 4) is 5.75 Å². The van der Waals surface area contributed by atoms with Gasteiger partial charge in [0.2, 0.25) is 0 Å². The predicted octanol–water partition coefficient (Wildman–Crippen LogP) is 4.01. The molecule has 18 heavy (non-hydrogen) atoms. The van der Waals surface area contributed by atoms with Gasteiger partial charge >= 0.3 is 0 Å². The van der Waals surface area contributed by atoms with Gasteiger partial charge in [-0.2, -0.15) is 0 Å². The first-order chi connectivity index (χ1) is 8.33. The van der Waals surface area contributed by atoms with Crippen LogP contribution in [0.1, 0.15) is 44.4 Å². The lowest BCUT2D eigenvalue weighted by atomic mass is 9.71. The van der Waals surface area contributed by atoms with Gasteiger partial charge in [-0.15, -0.1) is 0 Å². The smallest absolute Gasteiger partial charge is 0.126 e. The van der Waals surface area contributed by atoms with E-state index in [9.17, 15) is 5.11 Å². The van der Waals surface area contributed by atoms with Crippen LogP contribution in [-0.2, 0) is 10.2 Å². The molecule has 98 valence electrons. The fourth-order valence-corrected chi connectivity index (χ4v) is 3.10. The van der Waals surface area contributed by atoms with Crippen LogP contribution >= 0.6 is 0 Å². The van der Waals surface area contributed by atoms with Crippen molar-refractivity contribution in [2.24, 2.45) is 5.92 Å². The molecule has 2 rings (SSSR count). The Kier molecular flexibility index (Phi) is 2.92. The second-order valence-electron chi connectivity index (χ2n) is 5.70. The summed E-state index contributed by atoms with van der Waals surface area (Å²) in [6.07, 6.45) is 0. The minimum Gasteiger partial charge on any atom is -0.508 e. The van der Waals surface area contributed by atoms with E-state index in [2.05, 4.69) is 27.7 Å². The maximum Gasteiger partial charge on any atom is 0.126 e. The molecule has 1 aromatic carbocycles. The topological polar surface area (TPSA) is 29.5 Å². The number of phenolic OH excluding ortho intramolecular Hbond substituents is 1. The van der Waals surface area contributed by atoms with Crippen molar-refractivity contribution in [3.05, 3.63) is 34.4 Å². The SMILES string of the molecule is COC1=C(C)C(C)(C(C)C)c2cc(O)cc(C)c21. The van der Waals surface area contributed by atoms with E-state index in [1.54, 1.807) is 13.2 Å². The molecule has 0 aliphatic heterocycles. The number of benzene rings is 1. The standard InChI is InChI=1S/C16H22O2/c1-9(2)16(5)11(4)15(18-6)14-10(3)7-12(17)8-13(14)16/h7-9,17H,1-6H3. The number of allylic oxidation sites excluding steroid dienone is 1. The average molecular weight is 246 g/mol. The average Bonchev–Trinajstić information content (AvgIpc) is 2.51. The molecule has 0 aromatic heterocycles. The summed E-state index contributed by atoms with van der Waals surface area (Å²) in [5.41, 5.74) is 4.60. The summed E-state index contributed by atoms with van der Waals surface area (Å²) in [5, 5.41) is 9.88. The molecule has 0 saturated heterocycles. The molecule has 0 fully saturated rings. The number of methoxy groups -OCH3 is 1. The first-order valence-corrected chi connectivity index (χ1v) is 6.43. The summed E-state index contributed by atoms with van der Waals surface area (Å²) in [7, 11) is 1.72. The molecular formula is C16H22O2. The largest absolute Gasteiger partial charge is 0.508 e. The van der Waals surface area contributed by atoms with Gasteiger partial charge in [0.25, 0.3) is 0 Å². The Bertz CT molecular complexity index is 526. The predicted molar refractivity (Wildman–Crippen MR) is 74.6 cm³/mol. The number of hydrogen-bond donors (Lipinski definition) is 1. The van der Waals surface area contributed by atoms with Crippen LogP contribution in [0.25, 0.3) is 5.76 Å². The lowest BCUT2D eigenvalue weighted by Crippen LogP contribution is -2.28. The van der Waals surface area contributed by atoms with Gasteiger partial charge in [-0.3, -0.25) is 0 Å². The molecule has 2 nitrogen and oxygen atoms in total. The fraction of sp³-hybridized carbons (Fsp3) is 0.500. The summed E-state index contributed by atoms with van der Waals surface area (Å²) < 4.78 is 5.61. The summed E-state index contributed by atoms with van der Waals surface area (Å²) in [6, 6.07) is 3.69. The first-order valence-electron chi connectivity index (χ1n) is 6.43. The minimum atomic E-state index is -0.0653. The Morgan fingerprint density at radius 3 is 2.33 bits per heavy atom. The van der Waals surface area contributed by atoms with Gasteiger partial charge in [-0.25, -0.2) is 0 Å². The molecule has 2 heteroatoms. The Balaban J connectivity index is 2.82. The third kappa shape index (κ3) is 1.48. The third-order valence-electron chi connectivity index (χ3n) is 4.59. The highest BCUT2D eigenvalue weighted by Gasteiger charge is 2.43. The van der Waals surface area contributed by atoms with E-state index < -0.39 is 0 Å². The number of aromatic hydroxyl groups is 1. The van der Waals surface area contributed by atoms with Gasteiger partial charge < -0.3 is 9.84 Å². The summed E-state index contributed by atoms with van der Waals surface area (Å²) in [4.78, 5) is 0. The normalized spacial score (nSPS) is 22.6. The molecule has 1 atom stereocenters. The van der Waals surface area contributed by atoms with E-state index in [1.165, 1.54) is 11.1 Å². The van der Waals surface area contributed by atoms with E-state index in [-0.39, 0.29) is 5.41 Å². The molecule has 0 radical (unpaired) electrons.